The summed E-state index contributed by atoms with van der Waals surface area (Å²) in [6.07, 6.45) is 0. The molecule has 0 amide bonds. The third kappa shape index (κ3) is 5.15. The van der Waals surface area contributed by atoms with Crippen molar-refractivity contribution in [3.63, 3.8) is 0 Å². The standard InChI is InChI=1S/C44H31N/c1-3-12-32(13-4-1)35-24-27-40(28-25-35)45(41-20-11-19-38(31-41)33-14-5-2-6-15-33)43-29-26-36-17-9-10-21-42(36)44(43)39-23-22-34-16-7-8-18-37(34)30-39/h1-31H. The summed E-state index contributed by atoms with van der Waals surface area (Å²) in [6, 6.07) is 67.7. The van der Waals surface area contributed by atoms with Crippen LogP contribution in [0.2, 0.25) is 0 Å². The van der Waals surface area contributed by atoms with Gasteiger partial charge in [0.2, 0.25) is 0 Å². The first-order valence-corrected chi connectivity index (χ1v) is 15.4. The van der Waals surface area contributed by atoms with Crippen LogP contribution in [0.15, 0.2) is 188 Å². The number of rotatable bonds is 6. The Morgan fingerprint density at radius 2 is 0.844 bits per heavy atom. The molecule has 0 heterocycles. The van der Waals surface area contributed by atoms with E-state index in [0.29, 0.717) is 0 Å². The van der Waals surface area contributed by atoms with Gasteiger partial charge in [-0.15, -0.1) is 0 Å². The topological polar surface area (TPSA) is 3.24 Å². The van der Waals surface area contributed by atoms with Crippen molar-refractivity contribution in [1.29, 1.82) is 0 Å². The Labute approximate surface area is 264 Å². The van der Waals surface area contributed by atoms with Gasteiger partial charge in [-0.25, -0.2) is 0 Å². The fraction of sp³-hybridized carbons (Fsp3) is 0. The molecule has 0 atom stereocenters. The fourth-order valence-electron chi connectivity index (χ4n) is 6.41. The van der Waals surface area contributed by atoms with E-state index in [0.717, 1.165) is 17.1 Å². The van der Waals surface area contributed by atoms with Crippen LogP contribution in [0, 0.1) is 0 Å². The molecule has 1 nitrogen and oxygen atoms in total. The van der Waals surface area contributed by atoms with Crippen molar-refractivity contribution in [3.8, 4) is 33.4 Å². The number of hydrogen-bond donors (Lipinski definition) is 0. The largest absolute Gasteiger partial charge is 0.310 e. The van der Waals surface area contributed by atoms with Crippen LogP contribution in [0.1, 0.15) is 0 Å². The lowest BCUT2D eigenvalue weighted by atomic mass is 9.93. The van der Waals surface area contributed by atoms with Crippen LogP contribution in [-0.4, -0.2) is 0 Å². The third-order valence-corrected chi connectivity index (χ3v) is 8.63. The molecule has 0 spiro atoms. The Balaban J connectivity index is 1.37. The summed E-state index contributed by atoms with van der Waals surface area (Å²) in [4.78, 5) is 2.41. The average molecular weight is 574 g/mol. The van der Waals surface area contributed by atoms with E-state index in [2.05, 4.69) is 193 Å². The van der Waals surface area contributed by atoms with Gasteiger partial charge >= 0.3 is 0 Å². The molecule has 0 bridgehead atoms. The molecule has 0 aliphatic rings. The lowest BCUT2D eigenvalue weighted by molar-refractivity contribution is 1.29. The van der Waals surface area contributed by atoms with Gasteiger partial charge in [0.15, 0.2) is 0 Å². The maximum atomic E-state index is 2.41. The van der Waals surface area contributed by atoms with Crippen molar-refractivity contribution >= 4 is 38.6 Å². The van der Waals surface area contributed by atoms with Crippen LogP contribution in [0.3, 0.4) is 0 Å². The molecule has 212 valence electrons. The van der Waals surface area contributed by atoms with Crippen molar-refractivity contribution in [2.24, 2.45) is 0 Å². The second-order valence-corrected chi connectivity index (χ2v) is 11.4. The Bertz CT molecular complexity index is 2250. The third-order valence-electron chi connectivity index (χ3n) is 8.63. The fourth-order valence-corrected chi connectivity index (χ4v) is 6.41. The molecule has 45 heavy (non-hydrogen) atoms. The maximum absolute atomic E-state index is 2.41. The zero-order chi connectivity index (χ0) is 30.0. The minimum atomic E-state index is 1.11. The molecule has 8 rings (SSSR count). The van der Waals surface area contributed by atoms with Crippen LogP contribution in [-0.2, 0) is 0 Å². The number of nitrogens with zero attached hydrogens (tertiary/aromatic N) is 1. The molecule has 0 N–H and O–H groups in total. The highest BCUT2D eigenvalue weighted by Gasteiger charge is 2.20. The molecule has 1 heteroatoms. The maximum Gasteiger partial charge on any atom is 0.0546 e. The van der Waals surface area contributed by atoms with Gasteiger partial charge in [0.25, 0.3) is 0 Å². The zero-order valence-electron chi connectivity index (χ0n) is 24.8. The molecule has 0 saturated carbocycles. The summed E-state index contributed by atoms with van der Waals surface area (Å²) in [6.45, 7) is 0. The average Bonchev–Trinajstić information content (AvgIpc) is 3.12. The molecule has 0 aliphatic carbocycles. The predicted octanol–water partition coefficient (Wildman–Crippen LogP) is 12.5. The summed E-state index contributed by atoms with van der Waals surface area (Å²) in [5.41, 5.74) is 10.6. The van der Waals surface area contributed by atoms with Gasteiger partial charge in [-0.2, -0.15) is 0 Å². The Hall–Kier alpha value is -5.92. The molecule has 0 radical (unpaired) electrons. The molecule has 0 fully saturated rings. The van der Waals surface area contributed by atoms with E-state index >= 15 is 0 Å². The van der Waals surface area contributed by atoms with E-state index in [1.54, 1.807) is 0 Å². The summed E-state index contributed by atoms with van der Waals surface area (Å²) >= 11 is 0. The Kier molecular flexibility index (Phi) is 6.90. The lowest BCUT2D eigenvalue weighted by Crippen LogP contribution is -2.11. The van der Waals surface area contributed by atoms with Crippen molar-refractivity contribution in [2.45, 2.75) is 0 Å². The van der Waals surface area contributed by atoms with Gasteiger partial charge < -0.3 is 4.90 Å². The molecule has 0 saturated heterocycles. The first-order valence-electron chi connectivity index (χ1n) is 15.4. The minimum absolute atomic E-state index is 1.11. The SMILES string of the molecule is c1ccc(-c2ccc(N(c3cccc(-c4ccccc4)c3)c3ccc4ccccc4c3-c3ccc4ccccc4c3)cc2)cc1. The first kappa shape index (κ1) is 26.7. The molecule has 8 aromatic rings. The number of benzene rings is 8. The summed E-state index contributed by atoms with van der Waals surface area (Å²) in [5, 5.41) is 4.93. The zero-order valence-corrected chi connectivity index (χ0v) is 24.8. The van der Waals surface area contributed by atoms with Crippen molar-refractivity contribution in [2.75, 3.05) is 4.90 Å². The van der Waals surface area contributed by atoms with Gasteiger partial charge in [0, 0.05) is 16.9 Å². The van der Waals surface area contributed by atoms with E-state index in [-0.39, 0.29) is 0 Å². The number of hydrogen-bond acceptors (Lipinski definition) is 1. The van der Waals surface area contributed by atoms with E-state index in [9.17, 15) is 0 Å². The second-order valence-electron chi connectivity index (χ2n) is 11.4. The van der Waals surface area contributed by atoms with E-state index in [1.165, 1.54) is 54.9 Å². The van der Waals surface area contributed by atoms with Crippen LogP contribution >= 0.6 is 0 Å². The van der Waals surface area contributed by atoms with Crippen LogP contribution in [0.4, 0.5) is 17.1 Å². The Morgan fingerprint density at radius 3 is 1.60 bits per heavy atom. The van der Waals surface area contributed by atoms with Gasteiger partial charge in [-0.3, -0.25) is 0 Å². The quantitative estimate of drug-likeness (QED) is 0.191. The number of fused-ring (bicyclic) bond motifs is 2. The minimum Gasteiger partial charge on any atom is -0.310 e. The van der Waals surface area contributed by atoms with Crippen LogP contribution < -0.4 is 4.90 Å². The monoisotopic (exact) mass is 573 g/mol. The molecule has 0 aromatic heterocycles. The molecule has 8 aromatic carbocycles. The van der Waals surface area contributed by atoms with Crippen molar-refractivity contribution in [3.05, 3.63) is 188 Å². The van der Waals surface area contributed by atoms with Crippen molar-refractivity contribution in [1.82, 2.24) is 0 Å². The summed E-state index contributed by atoms with van der Waals surface area (Å²) in [7, 11) is 0. The highest BCUT2D eigenvalue weighted by Crippen LogP contribution is 2.45. The van der Waals surface area contributed by atoms with Crippen LogP contribution in [0.25, 0.3) is 54.9 Å². The highest BCUT2D eigenvalue weighted by molar-refractivity contribution is 6.06. The van der Waals surface area contributed by atoms with Gasteiger partial charge in [0.05, 0.1) is 5.69 Å². The van der Waals surface area contributed by atoms with E-state index in [1.807, 2.05) is 0 Å². The molecular formula is C44H31N. The summed E-state index contributed by atoms with van der Waals surface area (Å²) < 4.78 is 0. The predicted molar refractivity (Wildman–Crippen MR) is 192 cm³/mol. The smallest absolute Gasteiger partial charge is 0.0546 e. The number of anilines is 3. The van der Waals surface area contributed by atoms with E-state index in [4.69, 9.17) is 0 Å². The summed E-state index contributed by atoms with van der Waals surface area (Å²) in [5.74, 6) is 0. The normalized spacial score (nSPS) is 11.1. The molecule has 0 unspecified atom stereocenters. The first-order chi connectivity index (χ1) is 22.3. The van der Waals surface area contributed by atoms with Gasteiger partial charge in [-0.05, 0) is 85.8 Å². The second kappa shape index (κ2) is 11.6. The van der Waals surface area contributed by atoms with Crippen molar-refractivity contribution < 1.29 is 0 Å². The molecule has 0 aliphatic heterocycles. The van der Waals surface area contributed by atoms with Gasteiger partial charge in [0.1, 0.15) is 0 Å². The van der Waals surface area contributed by atoms with E-state index < -0.39 is 0 Å². The lowest BCUT2D eigenvalue weighted by Gasteiger charge is -2.29. The highest BCUT2D eigenvalue weighted by atomic mass is 15.1. The van der Waals surface area contributed by atoms with Gasteiger partial charge in [-0.1, -0.05) is 152 Å². The molecular weight excluding hydrogens is 542 g/mol. The van der Waals surface area contributed by atoms with Crippen LogP contribution in [0.5, 0.6) is 0 Å². The Morgan fingerprint density at radius 1 is 0.289 bits per heavy atom.